The first-order valence-corrected chi connectivity index (χ1v) is 12.8. The molecule has 0 saturated carbocycles. The molecule has 2 aliphatic heterocycles. The monoisotopic (exact) mass is 493 g/mol. The summed E-state index contributed by atoms with van der Waals surface area (Å²) in [5, 5.41) is 9.18. The third-order valence-corrected chi connectivity index (χ3v) is 8.92. The van der Waals surface area contributed by atoms with Crippen molar-refractivity contribution in [2.45, 2.75) is 56.1 Å². The standard InChI is InChI=1S/C23H31N3O7S/c1-18(27)33-14-4-2-3-5-19-6-7-21(24-17-19)20-8-12-26(13-9-20)34(30,31)23(22(28)25-29)10-15-32-16-11-23/h6-7,17,20,29H,2,4,8-16H2,1H3,(H,25,28). The van der Waals surface area contributed by atoms with Gasteiger partial charge in [0, 0.05) is 75.9 Å². The molecule has 1 aromatic rings. The van der Waals surface area contributed by atoms with Gasteiger partial charge in [0.05, 0.1) is 6.61 Å². The zero-order valence-electron chi connectivity index (χ0n) is 19.3. The van der Waals surface area contributed by atoms with E-state index in [-0.39, 0.29) is 51.0 Å². The van der Waals surface area contributed by atoms with Crippen LogP contribution in [0.4, 0.5) is 0 Å². The van der Waals surface area contributed by atoms with Gasteiger partial charge >= 0.3 is 5.97 Å². The van der Waals surface area contributed by atoms with Crippen LogP contribution in [0.3, 0.4) is 0 Å². The van der Waals surface area contributed by atoms with E-state index >= 15 is 0 Å². The summed E-state index contributed by atoms with van der Waals surface area (Å²) in [4.78, 5) is 27.6. The fraction of sp³-hybridized carbons (Fsp3) is 0.609. The van der Waals surface area contributed by atoms with Crippen LogP contribution in [0.15, 0.2) is 18.3 Å². The fourth-order valence-corrected chi connectivity index (χ4v) is 6.45. The molecule has 1 amide bonds. The van der Waals surface area contributed by atoms with Crippen LogP contribution in [0.2, 0.25) is 0 Å². The van der Waals surface area contributed by atoms with Crippen LogP contribution < -0.4 is 5.48 Å². The first-order chi connectivity index (χ1) is 16.3. The summed E-state index contributed by atoms with van der Waals surface area (Å²) in [6.45, 7) is 2.58. The molecule has 1 aromatic heterocycles. The van der Waals surface area contributed by atoms with E-state index in [4.69, 9.17) is 9.47 Å². The SMILES string of the molecule is CC(=O)OCCCC#Cc1ccc(C2CCN(S(=O)(=O)C3(C(=O)NO)CCOCC3)CC2)nc1. The maximum absolute atomic E-state index is 13.4. The molecular formula is C23H31N3O7S. The minimum absolute atomic E-state index is 0.00939. The highest BCUT2D eigenvalue weighted by molar-refractivity contribution is 7.91. The lowest BCUT2D eigenvalue weighted by Crippen LogP contribution is -2.60. The molecule has 0 unspecified atom stereocenters. The maximum Gasteiger partial charge on any atom is 0.302 e. The van der Waals surface area contributed by atoms with E-state index in [0.29, 0.717) is 32.3 Å². The largest absolute Gasteiger partial charge is 0.466 e. The van der Waals surface area contributed by atoms with Crippen LogP contribution in [0.5, 0.6) is 0 Å². The van der Waals surface area contributed by atoms with E-state index in [1.807, 2.05) is 12.1 Å². The van der Waals surface area contributed by atoms with Crippen LogP contribution in [0.25, 0.3) is 0 Å². The third kappa shape index (κ3) is 5.93. The number of amides is 1. The van der Waals surface area contributed by atoms with Crippen molar-refractivity contribution in [2.24, 2.45) is 0 Å². The number of hydroxylamine groups is 1. The quantitative estimate of drug-likeness (QED) is 0.191. The molecule has 2 aliphatic rings. The molecule has 2 N–H and O–H groups in total. The van der Waals surface area contributed by atoms with Gasteiger partial charge in [0.25, 0.3) is 5.91 Å². The predicted molar refractivity (Wildman–Crippen MR) is 122 cm³/mol. The lowest BCUT2D eigenvalue weighted by Gasteiger charge is -2.40. The van der Waals surface area contributed by atoms with Gasteiger partial charge in [-0.25, -0.2) is 18.2 Å². The summed E-state index contributed by atoms with van der Waals surface area (Å²) in [6.07, 6.45) is 4.18. The highest BCUT2D eigenvalue weighted by Crippen LogP contribution is 2.36. The van der Waals surface area contributed by atoms with Crippen molar-refractivity contribution in [3.05, 3.63) is 29.6 Å². The second-order valence-corrected chi connectivity index (χ2v) is 10.7. The normalized spacial score (nSPS) is 19.0. The second kappa shape index (κ2) is 11.8. The van der Waals surface area contributed by atoms with Gasteiger partial charge in [0.1, 0.15) is 0 Å². The summed E-state index contributed by atoms with van der Waals surface area (Å²) < 4.78 is 36.6. The number of carbonyl (C=O) groups excluding carboxylic acids is 2. The van der Waals surface area contributed by atoms with Crippen molar-refractivity contribution >= 4 is 21.9 Å². The Labute approximate surface area is 200 Å². The Morgan fingerprint density at radius 3 is 2.59 bits per heavy atom. The summed E-state index contributed by atoms with van der Waals surface area (Å²) in [5.41, 5.74) is 3.21. The first kappa shape index (κ1) is 26.1. The molecule has 2 saturated heterocycles. The van der Waals surface area contributed by atoms with Gasteiger partial charge in [-0.05, 0) is 31.4 Å². The van der Waals surface area contributed by atoms with Gasteiger partial charge in [0.2, 0.25) is 10.0 Å². The van der Waals surface area contributed by atoms with Gasteiger partial charge in [-0.3, -0.25) is 19.8 Å². The smallest absolute Gasteiger partial charge is 0.302 e. The zero-order chi connectivity index (χ0) is 24.6. The number of nitrogens with zero attached hydrogens (tertiary/aromatic N) is 2. The number of sulfonamides is 1. The molecule has 0 aromatic carbocycles. The molecule has 0 radical (unpaired) electrons. The number of hydrogen-bond acceptors (Lipinski definition) is 8. The number of carbonyl (C=O) groups is 2. The number of ether oxygens (including phenoxy) is 2. The summed E-state index contributed by atoms with van der Waals surface area (Å²) in [5.74, 6) is 4.98. The van der Waals surface area contributed by atoms with Crippen molar-refractivity contribution in [1.29, 1.82) is 0 Å². The van der Waals surface area contributed by atoms with E-state index in [9.17, 15) is 23.2 Å². The van der Waals surface area contributed by atoms with E-state index < -0.39 is 20.7 Å². The number of esters is 1. The van der Waals surface area contributed by atoms with Crippen molar-refractivity contribution in [1.82, 2.24) is 14.8 Å². The Bertz CT molecular complexity index is 1020. The predicted octanol–water partition coefficient (Wildman–Crippen LogP) is 1.34. The summed E-state index contributed by atoms with van der Waals surface area (Å²) in [7, 11) is -3.98. The van der Waals surface area contributed by atoms with Crippen LogP contribution in [0.1, 0.15) is 62.6 Å². The maximum atomic E-state index is 13.4. The lowest BCUT2D eigenvalue weighted by molar-refractivity contribution is -0.141. The highest BCUT2D eigenvalue weighted by Gasteiger charge is 2.54. The number of aromatic nitrogens is 1. The van der Waals surface area contributed by atoms with Gasteiger partial charge in [-0.2, -0.15) is 0 Å². The summed E-state index contributed by atoms with van der Waals surface area (Å²) >= 11 is 0. The fourth-order valence-electron chi connectivity index (χ4n) is 4.31. The van der Waals surface area contributed by atoms with Crippen LogP contribution in [-0.4, -0.2) is 72.4 Å². The number of unbranched alkanes of at least 4 members (excludes halogenated alkanes) is 1. The Balaban J connectivity index is 1.57. The van der Waals surface area contributed by atoms with Gasteiger partial charge in [-0.1, -0.05) is 11.8 Å². The molecule has 10 nitrogen and oxygen atoms in total. The van der Waals surface area contributed by atoms with Crippen LogP contribution in [0, 0.1) is 11.8 Å². The van der Waals surface area contributed by atoms with E-state index in [2.05, 4.69) is 16.8 Å². The number of piperidine rings is 1. The molecule has 11 heteroatoms. The molecule has 186 valence electrons. The average molecular weight is 494 g/mol. The molecule has 0 bridgehead atoms. The number of hydrogen-bond donors (Lipinski definition) is 2. The third-order valence-electron chi connectivity index (χ3n) is 6.29. The van der Waals surface area contributed by atoms with Crippen molar-refractivity contribution < 1.29 is 32.7 Å². The summed E-state index contributed by atoms with van der Waals surface area (Å²) in [6, 6.07) is 3.81. The zero-order valence-corrected chi connectivity index (χ0v) is 20.1. The second-order valence-electron chi connectivity index (χ2n) is 8.44. The molecule has 34 heavy (non-hydrogen) atoms. The number of rotatable bonds is 7. The highest BCUT2D eigenvalue weighted by atomic mass is 32.2. The molecule has 3 rings (SSSR count). The van der Waals surface area contributed by atoms with E-state index in [1.165, 1.54) is 11.2 Å². The van der Waals surface area contributed by atoms with Crippen LogP contribution in [-0.2, 0) is 29.1 Å². The first-order valence-electron chi connectivity index (χ1n) is 11.4. The minimum atomic E-state index is -3.98. The number of pyridine rings is 1. The van der Waals surface area contributed by atoms with Crippen molar-refractivity contribution in [3.63, 3.8) is 0 Å². The Kier molecular flexibility index (Phi) is 9.02. The average Bonchev–Trinajstić information content (AvgIpc) is 2.86. The molecule has 0 spiro atoms. The van der Waals surface area contributed by atoms with E-state index in [1.54, 1.807) is 11.7 Å². The Morgan fingerprint density at radius 2 is 2.00 bits per heavy atom. The van der Waals surface area contributed by atoms with Crippen molar-refractivity contribution in [2.75, 3.05) is 32.9 Å². The number of nitrogens with one attached hydrogen (secondary N) is 1. The minimum Gasteiger partial charge on any atom is -0.466 e. The molecule has 3 heterocycles. The van der Waals surface area contributed by atoms with Gasteiger partial charge < -0.3 is 9.47 Å². The Hall–Kier alpha value is -2.52. The van der Waals surface area contributed by atoms with Crippen LogP contribution >= 0.6 is 0 Å². The Morgan fingerprint density at radius 1 is 1.29 bits per heavy atom. The molecule has 0 atom stereocenters. The van der Waals surface area contributed by atoms with Gasteiger partial charge in [0.15, 0.2) is 4.75 Å². The van der Waals surface area contributed by atoms with Gasteiger partial charge in [-0.15, -0.1) is 0 Å². The molecule has 2 fully saturated rings. The van der Waals surface area contributed by atoms with E-state index in [0.717, 1.165) is 11.3 Å². The van der Waals surface area contributed by atoms with Crippen molar-refractivity contribution in [3.8, 4) is 11.8 Å². The molecular weight excluding hydrogens is 462 g/mol. The topological polar surface area (TPSA) is 135 Å². The molecule has 0 aliphatic carbocycles. The lowest BCUT2D eigenvalue weighted by atomic mass is 9.94.